The van der Waals surface area contributed by atoms with Crippen LogP contribution in [0.1, 0.15) is 11.1 Å². The fourth-order valence-electron chi connectivity index (χ4n) is 1.96. The van der Waals surface area contributed by atoms with E-state index < -0.39 is 0 Å². The number of halogens is 1. The fourth-order valence-corrected chi connectivity index (χ4v) is 2.17. The average molecular weight is 267 g/mol. The van der Waals surface area contributed by atoms with Gasteiger partial charge in [0.2, 0.25) is 11.8 Å². The molecule has 4 nitrogen and oxygen atoms in total. The second-order valence-electron chi connectivity index (χ2n) is 4.42. The molecule has 0 unspecified atom stereocenters. The molecule has 0 saturated carbocycles. The van der Waals surface area contributed by atoms with Crippen molar-refractivity contribution in [2.45, 2.75) is 12.8 Å². The third-order valence-corrected chi connectivity index (χ3v) is 3.30. The molecule has 2 amide bonds. The first-order valence-corrected chi connectivity index (χ1v) is 6.35. The second kappa shape index (κ2) is 5.40. The smallest absolute Gasteiger partial charge is 0.237 e. The lowest BCUT2D eigenvalue weighted by atomic mass is 10.1. The number of nitrogens with zero attached hydrogens (tertiary/aromatic N) is 1. The summed E-state index contributed by atoms with van der Waals surface area (Å²) in [7, 11) is 1.74. The zero-order valence-corrected chi connectivity index (χ0v) is 11.0. The highest BCUT2D eigenvalue weighted by molar-refractivity contribution is 6.27. The van der Waals surface area contributed by atoms with Crippen molar-refractivity contribution in [1.82, 2.24) is 4.90 Å². The molecule has 0 bridgehead atoms. The van der Waals surface area contributed by atoms with Crippen molar-refractivity contribution in [2.75, 3.05) is 24.8 Å². The van der Waals surface area contributed by atoms with Crippen LogP contribution in [0.25, 0.3) is 0 Å². The number of rotatable bonds is 4. The topological polar surface area (TPSA) is 49.4 Å². The number of carbonyl (C=O) groups excluding carboxylic acids is 2. The van der Waals surface area contributed by atoms with Gasteiger partial charge in [-0.2, -0.15) is 0 Å². The minimum absolute atomic E-state index is 0.0130. The van der Waals surface area contributed by atoms with E-state index in [2.05, 4.69) is 5.32 Å². The standard InChI is InChI=1S/C13H15ClN2O2/c1-16(13(18)8-14)5-4-9-2-3-11-10(6-9)7-12(17)15-11/h2-3,6H,4-5,7-8H2,1H3,(H,15,17). The molecule has 0 aromatic heterocycles. The maximum atomic E-state index is 11.3. The van der Waals surface area contributed by atoms with Gasteiger partial charge in [0.25, 0.3) is 0 Å². The van der Waals surface area contributed by atoms with Crippen molar-refractivity contribution in [3.8, 4) is 0 Å². The normalized spacial score (nSPS) is 13.1. The Morgan fingerprint density at radius 1 is 1.50 bits per heavy atom. The third kappa shape index (κ3) is 2.82. The summed E-state index contributed by atoms with van der Waals surface area (Å²) in [5.41, 5.74) is 3.05. The first-order chi connectivity index (χ1) is 8.60. The van der Waals surface area contributed by atoms with Gasteiger partial charge in [-0.15, -0.1) is 11.6 Å². The Labute approximate surface area is 111 Å². The number of carbonyl (C=O) groups is 2. The molecule has 1 aliphatic heterocycles. The summed E-state index contributed by atoms with van der Waals surface area (Å²) in [5, 5.41) is 2.80. The molecular weight excluding hydrogens is 252 g/mol. The number of likely N-dealkylation sites (N-methyl/N-ethyl adjacent to an activating group) is 1. The number of benzene rings is 1. The molecule has 1 N–H and O–H groups in total. The van der Waals surface area contributed by atoms with E-state index in [0.29, 0.717) is 13.0 Å². The number of alkyl halides is 1. The van der Waals surface area contributed by atoms with Crippen LogP contribution in [0.15, 0.2) is 18.2 Å². The quantitative estimate of drug-likeness (QED) is 0.838. The summed E-state index contributed by atoms with van der Waals surface area (Å²) in [6, 6.07) is 5.91. The Kier molecular flexibility index (Phi) is 3.87. The molecule has 0 atom stereocenters. The van der Waals surface area contributed by atoms with Crippen molar-refractivity contribution in [2.24, 2.45) is 0 Å². The molecule has 1 aliphatic rings. The first-order valence-electron chi connectivity index (χ1n) is 5.81. The van der Waals surface area contributed by atoms with E-state index in [4.69, 9.17) is 11.6 Å². The van der Waals surface area contributed by atoms with Gasteiger partial charge in [0, 0.05) is 19.3 Å². The van der Waals surface area contributed by atoms with E-state index in [0.717, 1.165) is 23.2 Å². The van der Waals surface area contributed by atoms with Gasteiger partial charge >= 0.3 is 0 Å². The Morgan fingerprint density at radius 2 is 2.28 bits per heavy atom. The summed E-state index contributed by atoms with van der Waals surface area (Å²) >= 11 is 5.48. The van der Waals surface area contributed by atoms with Crippen LogP contribution in [0.4, 0.5) is 5.69 Å². The number of hydrogen-bond acceptors (Lipinski definition) is 2. The predicted octanol–water partition coefficient (Wildman–Crippen LogP) is 1.42. The molecule has 1 aromatic rings. The molecule has 96 valence electrons. The van der Waals surface area contributed by atoms with Crippen LogP contribution in [-0.2, 0) is 22.4 Å². The van der Waals surface area contributed by atoms with Crippen LogP contribution >= 0.6 is 11.6 Å². The highest BCUT2D eigenvalue weighted by Crippen LogP contribution is 2.23. The summed E-state index contributed by atoms with van der Waals surface area (Å²) < 4.78 is 0. The van der Waals surface area contributed by atoms with E-state index in [9.17, 15) is 9.59 Å². The molecule has 0 radical (unpaired) electrons. The van der Waals surface area contributed by atoms with Gasteiger partial charge in [-0.3, -0.25) is 9.59 Å². The van der Waals surface area contributed by atoms with E-state index in [1.165, 1.54) is 0 Å². The maximum absolute atomic E-state index is 11.3. The molecule has 5 heteroatoms. The van der Waals surface area contributed by atoms with Crippen LogP contribution in [0.3, 0.4) is 0 Å². The van der Waals surface area contributed by atoms with Gasteiger partial charge in [-0.25, -0.2) is 0 Å². The molecule has 0 saturated heterocycles. The summed E-state index contributed by atoms with van der Waals surface area (Å²) in [6.07, 6.45) is 1.21. The first kappa shape index (κ1) is 12.9. The fraction of sp³-hybridized carbons (Fsp3) is 0.385. The number of nitrogens with one attached hydrogen (secondary N) is 1. The molecule has 1 aromatic carbocycles. The maximum Gasteiger partial charge on any atom is 0.237 e. The van der Waals surface area contributed by atoms with Crippen LogP contribution in [0.2, 0.25) is 0 Å². The van der Waals surface area contributed by atoms with Gasteiger partial charge in [-0.1, -0.05) is 12.1 Å². The van der Waals surface area contributed by atoms with E-state index in [1.54, 1.807) is 11.9 Å². The van der Waals surface area contributed by atoms with Crippen molar-refractivity contribution in [3.05, 3.63) is 29.3 Å². The van der Waals surface area contributed by atoms with Crippen molar-refractivity contribution < 1.29 is 9.59 Å². The largest absolute Gasteiger partial charge is 0.344 e. The lowest BCUT2D eigenvalue weighted by molar-refractivity contribution is -0.127. The van der Waals surface area contributed by atoms with E-state index >= 15 is 0 Å². The summed E-state index contributed by atoms with van der Waals surface area (Å²) in [4.78, 5) is 24.1. The van der Waals surface area contributed by atoms with Crippen LogP contribution in [0, 0.1) is 0 Å². The minimum Gasteiger partial charge on any atom is -0.344 e. The lowest BCUT2D eigenvalue weighted by Crippen LogP contribution is -2.29. The summed E-state index contributed by atoms with van der Waals surface area (Å²) in [6.45, 7) is 0.631. The van der Waals surface area contributed by atoms with Crippen molar-refractivity contribution >= 4 is 29.1 Å². The molecule has 1 heterocycles. The Morgan fingerprint density at radius 3 is 3.00 bits per heavy atom. The lowest BCUT2D eigenvalue weighted by Gasteiger charge is -2.15. The van der Waals surface area contributed by atoms with Gasteiger partial charge in [0.05, 0.1) is 6.42 Å². The average Bonchev–Trinajstić information content (AvgIpc) is 2.74. The molecular formula is C13H15ClN2O2. The van der Waals surface area contributed by atoms with Crippen molar-refractivity contribution in [3.63, 3.8) is 0 Å². The number of anilines is 1. The highest BCUT2D eigenvalue weighted by atomic mass is 35.5. The second-order valence-corrected chi connectivity index (χ2v) is 4.68. The minimum atomic E-state index is -0.0744. The van der Waals surface area contributed by atoms with Gasteiger partial charge in [0.15, 0.2) is 0 Å². The Balaban J connectivity index is 1.97. The third-order valence-electron chi connectivity index (χ3n) is 3.07. The summed E-state index contributed by atoms with van der Waals surface area (Å²) in [5.74, 6) is -0.0229. The van der Waals surface area contributed by atoms with Gasteiger partial charge < -0.3 is 10.2 Å². The zero-order valence-electron chi connectivity index (χ0n) is 10.2. The van der Waals surface area contributed by atoms with Crippen LogP contribution in [-0.4, -0.2) is 36.2 Å². The van der Waals surface area contributed by atoms with Crippen molar-refractivity contribution in [1.29, 1.82) is 0 Å². The molecule has 0 fully saturated rings. The molecule has 0 aliphatic carbocycles. The number of amides is 2. The van der Waals surface area contributed by atoms with Crippen LogP contribution < -0.4 is 5.32 Å². The van der Waals surface area contributed by atoms with Crippen LogP contribution in [0.5, 0.6) is 0 Å². The van der Waals surface area contributed by atoms with Gasteiger partial charge in [0.1, 0.15) is 5.88 Å². The SMILES string of the molecule is CN(CCc1ccc2c(c1)CC(=O)N2)C(=O)CCl. The molecule has 0 spiro atoms. The zero-order chi connectivity index (χ0) is 13.1. The predicted molar refractivity (Wildman–Crippen MR) is 70.8 cm³/mol. The highest BCUT2D eigenvalue weighted by Gasteiger charge is 2.17. The Hall–Kier alpha value is -1.55. The number of hydrogen-bond donors (Lipinski definition) is 1. The number of fused-ring (bicyclic) bond motifs is 1. The van der Waals surface area contributed by atoms with E-state index in [-0.39, 0.29) is 17.7 Å². The van der Waals surface area contributed by atoms with E-state index in [1.807, 2.05) is 18.2 Å². The molecule has 18 heavy (non-hydrogen) atoms. The monoisotopic (exact) mass is 266 g/mol. The Bertz CT molecular complexity index is 488. The molecule has 2 rings (SSSR count). The van der Waals surface area contributed by atoms with Gasteiger partial charge in [-0.05, 0) is 23.6 Å².